The molecule has 8 nitrogen and oxygen atoms in total. The largest absolute Gasteiger partial charge is 0.461 e. The van der Waals surface area contributed by atoms with Gasteiger partial charge >= 0.3 is 5.97 Å². The number of imidazole rings is 1. The van der Waals surface area contributed by atoms with E-state index in [1.54, 1.807) is 31.3 Å². The molecule has 0 saturated heterocycles. The summed E-state index contributed by atoms with van der Waals surface area (Å²) in [5.74, 6) is -0.771. The third-order valence-corrected chi connectivity index (χ3v) is 2.47. The highest BCUT2D eigenvalue weighted by atomic mass is 16.6. The van der Waals surface area contributed by atoms with E-state index >= 15 is 0 Å². The van der Waals surface area contributed by atoms with Crippen molar-refractivity contribution >= 4 is 23.1 Å². The third-order valence-electron chi connectivity index (χ3n) is 2.47. The standard InChI is InChI=1S/C12H12N4O4/c1-3-20-12(17)10(15-19-2)9-11(14-18)16-7-5-4-6-8(16)13-9/h4-7H,3H2,1-2H3/b15-10+. The number of nitrogens with zero attached hydrogens (tertiary/aromatic N) is 4. The molecule has 0 amide bonds. The average molecular weight is 276 g/mol. The van der Waals surface area contributed by atoms with E-state index in [4.69, 9.17) is 4.74 Å². The second-order valence-corrected chi connectivity index (χ2v) is 3.65. The second-order valence-electron chi connectivity index (χ2n) is 3.65. The summed E-state index contributed by atoms with van der Waals surface area (Å²) in [5, 5.41) is 6.49. The minimum absolute atomic E-state index is 0.0199. The van der Waals surface area contributed by atoms with Crippen LogP contribution in [0.1, 0.15) is 12.6 Å². The first-order valence-electron chi connectivity index (χ1n) is 5.82. The van der Waals surface area contributed by atoms with Crippen molar-refractivity contribution < 1.29 is 14.4 Å². The van der Waals surface area contributed by atoms with E-state index in [1.807, 2.05) is 0 Å². The zero-order valence-electron chi connectivity index (χ0n) is 10.9. The van der Waals surface area contributed by atoms with Crippen molar-refractivity contribution in [3.8, 4) is 0 Å². The SMILES string of the molecule is CCOC(=O)/C(=N/OC)c1nc2ccccn2c1N=O. The summed E-state index contributed by atoms with van der Waals surface area (Å²) in [6.45, 7) is 1.82. The Morgan fingerprint density at radius 2 is 2.25 bits per heavy atom. The summed E-state index contributed by atoms with van der Waals surface area (Å²) < 4.78 is 6.31. The van der Waals surface area contributed by atoms with Gasteiger partial charge in [-0.1, -0.05) is 11.2 Å². The normalized spacial score (nSPS) is 11.4. The van der Waals surface area contributed by atoms with Crippen molar-refractivity contribution in [3.05, 3.63) is 35.0 Å². The van der Waals surface area contributed by atoms with E-state index in [-0.39, 0.29) is 23.8 Å². The first-order valence-corrected chi connectivity index (χ1v) is 5.82. The van der Waals surface area contributed by atoms with Gasteiger partial charge in [-0.05, 0) is 24.2 Å². The molecule has 0 unspecified atom stereocenters. The molecule has 8 heteroatoms. The summed E-state index contributed by atoms with van der Waals surface area (Å²) >= 11 is 0. The van der Waals surface area contributed by atoms with E-state index < -0.39 is 5.97 Å². The van der Waals surface area contributed by atoms with Gasteiger partial charge in [0.1, 0.15) is 18.5 Å². The number of rotatable bonds is 5. The molecule has 2 rings (SSSR count). The van der Waals surface area contributed by atoms with Crippen LogP contribution in [0.4, 0.5) is 5.82 Å². The number of hydrogen-bond donors (Lipinski definition) is 0. The number of oxime groups is 1. The highest BCUT2D eigenvalue weighted by Gasteiger charge is 2.25. The van der Waals surface area contributed by atoms with Gasteiger partial charge in [0.05, 0.1) is 6.61 Å². The molecule has 0 radical (unpaired) electrons. The third kappa shape index (κ3) is 2.35. The molecule has 0 aliphatic rings. The molecule has 0 fully saturated rings. The molecule has 0 N–H and O–H groups in total. The van der Waals surface area contributed by atoms with E-state index in [2.05, 4.69) is 20.2 Å². The van der Waals surface area contributed by atoms with Crippen LogP contribution in [0.3, 0.4) is 0 Å². The molecule has 0 spiro atoms. The summed E-state index contributed by atoms with van der Waals surface area (Å²) in [6, 6.07) is 5.14. The lowest BCUT2D eigenvalue weighted by atomic mass is 10.3. The van der Waals surface area contributed by atoms with Crippen LogP contribution in [0.25, 0.3) is 5.65 Å². The number of nitroso groups, excluding NO2 is 1. The van der Waals surface area contributed by atoms with E-state index in [9.17, 15) is 9.70 Å². The number of carbonyl (C=O) groups is 1. The smallest absolute Gasteiger partial charge is 0.362 e. The number of aromatic nitrogens is 2. The Morgan fingerprint density at radius 1 is 1.45 bits per heavy atom. The molecule has 0 aliphatic carbocycles. The van der Waals surface area contributed by atoms with Gasteiger partial charge in [0, 0.05) is 6.20 Å². The molecular formula is C12H12N4O4. The molecule has 104 valence electrons. The number of pyridine rings is 1. The van der Waals surface area contributed by atoms with Crippen LogP contribution in [0.2, 0.25) is 0 Å². The van der Waals surface area contributed by atoms with Crippen LogP contribution >= 0.6 is 0 Å². The van der Waals surface area contributed by atoms with E-state index in [0.29, 0.717) is 5.65 Å². The molecule has 0 bridgehead atoms. The molecule has 2 heterocycles. The molecule has 0 aromatic carbocycles. The lowest BCUT2D eigenvalue weighted by Crippen LogP contribution is -2.19. The van der Waals surface area contributed by atoms with Gasteiger partial charge in [-0.2, -0.15) is 0 Å². The lowest BCUT2D eigenvalue weighted by Gasteiger charge is -2.02. The molecule has 2 aromatic rings. The van der Waals surface area contributed by atoms with Crippen molar-refractivity contribution in [2.24, 2.45) is 10.3 Å². The van der Waals surface area contributed by atoms with Gasteiger partial charge in [-0.25, -0.2) is 9.78 Å². The van der Waals surface area contributed by atoms with Gasteiger partial charge in [0.15, 0.2) is 0 Å². The molecule has 20 heavy (non-hydrogen) atoms. The van der Waals surface area contributed by atoms with E-state index in [1.165, 1.54) is 11.5 Å². The average Bonchev–Trinajstić information content (AvgIpc) is 2.82. The summed E-state index contributed by atoms with van der Waals surface area (Å²) in [6.07, 6.45) is 1.61. The first-order chi connectivity index (χ1) is 9.72. The van der Waals surface area contributed by atoms with Gasteiger partial charge < -0.3 is 9.57 Å². The molecule has 2 aromatic heterocycles. The maximum atomic E-state index is 11.9. The predicted octanol–water partition coefficient (Wildman–Crippen LogP) is 1.65. The monoisotopic (exact) mass is 276 g/mol. The summed E-state index contributed by atoms with van der Waals surface area (Å²) in [5.41, 5.74) is 0.282. The highest BCUT2D eigenvalue weighted by Crippen LogP contribution is 2.22. The van der Waals surface area contributed by atoms with Gasteiger partial charge in [-0.3, -0.25) is 4.40 Å². The number of esters is 1. The summed E-state index contributed by atoms with van der Waals surface area (Å²) in [7, 11) is 1.28. The maximum Gasteiger partial charge on any atom is 0.362 e. The van der Waals surface area contributed by atoms with Crippen LogP contribution in [-0.2, 0) is 14.4 Å². The van der Waals surface area contributed by atoms with Crippen molar-refractivity contribution in [1.29, 1.82) is 0 Å². The molecule has 0 atom stereocenters. The fourth-order valence-electron chi connectivity index (χ4n) is 1.70. The van der Waals surface area contributed by atoms with Crippen LogP contribution in [0.5, 0.6) is 0 Å². The van der Waals surface area contributed by atoms with Gasteiger partial charge in [0.2, 0.25) is 11.5 Å². The van der Waals surface area contributed by atoms with Crippen LogP contribution in [-0.4, -0.2) is 34.8 Å². The van der Waals surface area contributed by atoms with Crippen LogP contribution in [0.15, 0.2) is 34.7 Å². The van der Waals surface area contributed by atoms with Crippen molar-refractivity contribution in [2.75, 3.05) is 13.7 Å². The predicted molar refractivity (Wildman–Crippen MR) is 70.8 cm³/mol. The Kier molecular flexibility index (Phi) is 4.04. The highest BCUT2D eigenvalue weighted by molar-refractivity contribution is 6.43. The Balaban J connectivity index is 2.62. The fraction of sp³-hybridized carbons (Fsp3) is 0.250. The van der Waals surface area contributed by atoms with Gasteiger partial charge in [-0.15, -0.1) is 4.91 Å². The summed E-state index contributed by atoms with van der Waals surface area (Å²) in [4.78, 5) is 31.7. The minimum Gasteiger partial charge on any atom is -0.461 e. The van der Waals surface area contributed by atoms with Crippen molar-refractivity contribution in [1.82, 2.24) is 9.38 Å². The van der Waals surface area contributed by atoms with Gasteiger partial charge in [0.25, 0.3) is 0 Å². The van der Waals surface area contributed by atoms with Crippen molar-refractivity contribution in [2.45, 2.75) is 6.92 Å². The van der Waals surface area contributed by atoms with Crippen LogP contribution < -0.4 is 0 Å². The topological polar surface area (TPSA) is 94.6 Å². The lowest BCUT2D eigenvalue weighted by molar-refractivity contribution is -0.135. The first kappa shape index (κ1) is 13.7. The number of ether oxygens (including phenoxy) is 1. The van der Waals surface area contributed by atoms with Crippen molar-refractivity contribution in [3.63, 3.8) is 0 Å². The molecular weight excluding hydrogens is 264 g/mol. The molecule has 0 saturated carbocycles. The second kappa shape index (κ2) is 5.91. The van der Waals surface area contributed by atoms with Crippen LogP contribution in [0, 0.1) is 4.91 Å². The Bertz CT molecular complexity index is 677. The fourth-order valence-corrected chi connectivity index (χ4v) is 1.70. The Morgan fingerprint density at radius 3 is 2.90 bits per heavy atom. The number of fused-ring (bicyclic) bond motifs is 1. The molecule has 0 aliphatic heterocycles. The Labute approximate surface area is 114 Å². The minimum atomic E-state index is -0.734. The Hall–Kier alpha value is -2.77. The van der Waals surface area contributed by atoms with E-state index in [0.717, 1.165) is 0 Å². The maximum absolute atomic E-state index is 11.9. The zero-order chi connectivity index (χ0) is 14.5. The quantitative estimate of drug-likeness (QED) is 0.358. The number of carbonyl (C=O) groups excluding carboxylic acids is 1. The number of hydrogen-bond acceptors (Lipinski definition) is 7. The zero-order valence-corrected chi connectivity index (χ0v) is 10.9.